The van der Waals surface area contributed by atoms with E-state index < -0.39 is 0 Å². The molecule has 0 nitrogen and oxygen atoms in total. The van der Waals surface area contributed by atoms with Crippen molar-refractivity contribution < 1.29 is 19.5 Å². The van der Waals surface area contributed by atoms with E-state index in [-0.39, 0.29) is 35.3 Å². The van der Waals surface area contributed by atoms with Gasteiger partial charge in [0.15, 0.2) is 0 Å². The van der Waals surface area contributed by atoms with E-state index in [1.54, 1.807) is 0 Å². The molecule has 0 aromatic carbocycles. The molecule has 0 aromatic heterocycles. The van der Waals surface area contributed by atoms with Crippen molar-refractivity contribution in [1.82, 2.24) is 0 Å². The Morgan fingerprint density at radius 1 is 0.536 bits per heavy atom. The number of allylic oxidation sites excluding steroid dienone is 4. The first-order valence-electron chi connectivity index (χ1n) is 10.7. The summed E-state index contributed by atoms with van der Waals surface area (Å²) in [4.78, 5) is 0. The standard InChI is InChI=1S/2C9H21P.C7H7.Rh/c2*1-7(2)10(8(3)4)9(5)6;1-7-5-3-2-4-6-7;/h2*7-9H,1-6H3;2-6H,1H2;. The second kappa shape index (κ2) is 18.7. The van der Waals surface area contributed by atoms with E-state index >= 15 is 0 Å². The maximum Gasteiger partial charge on any atom is 0.00508 e. The molecule has 0 bridgehead atoms. The van der Waals surface area contributed by atoms with Crippen LogP contribution in [0.15, 0.2) is 24.3 Å². The van der Waals surface area contributed by atoms with Crippen molar-refractivity contribution in [3.8, 4) is 0 Å². The van der Waals surface area contributed by atoms with Gasteiger partial charge >= 0.3 is 0 Å². The summed E-state index contributed by atoms with van der Waals surface area (Å²) in [5.74, 6) is 1.07. The summed E-state index contributed by atoms with van der Waals surface area (Å²) in [6.07, 6.45) is 9.87. The zero-order valence-corrected chi connectivity index (χ0v) is 24.2. The van der Waals surface area contributed by atoms with Crippen LogP contribution in [-0.2, 0) is 19.5 Å². The molecule has 0 saturated carbocycles. The van der Waals surface area contributed by atoms with Gasteiger partial charge in [-0.15, -0.1) is 0 Å². The molecule has 0 aliphatic heterocycles. The van der Waals surface area contributed by atoms with Crippen LogP contribution in [0.3, 0.4) is 0 Å². The van der Waals surface area contributed by atoms with Gasteiger partial charge in [0, 0.05) is 25.4 Å². The largest absolute Gasteiger partial charge is 0.0988 e. The topological polar surface area (TPSA) is 0 Å². The summed E-state index contributed by atoms with van der Waals surface area (Å²) < 4.78 is 0. The Bertz CT molecular complexity index is 333. The molecular weight excluding hydrogens is 465 g/mol. The van der Waals surface area contributed by atoms with E-state index in [2.05, 4.69) is 90.0 Å². The fourth-order valence-corrected chi connectivity index (χ4v) is 11.2. The molecule has 0 spiro atoms. The van der Waals surface area contributed by atoms with E-state index in [0.29, 0.717) is 0 Å². The van der Waals surface area contributed by atoms with Crippen molar-refractivity contribution in [3.05, 3.63) is 43.6 Å². The normalized spacial score (nSPS) is 14.2. The van der Waals surface area contributed by atoms with Crippen LogP contribution in [0.5, 0.6) is 0 Å². The van der Waals surface area contributed by atoms with Gasteiger partial charge in [-0.25, -0.2) is 0 Å². The smallest absolute Gasteiger partial charge is 0.00508 e. The average Bonchev–Trinajstić information content (AvgIpc) is 2.46. The van der Waals surface area contributed by atoms with Gasteiger partial charge in [0.25, 0.3) is 0 Å². The molecular formula is C25H49P2Rh. The minimum absolute atomic E-state index is 0. The number of hydrogen-bond acceptors (Lipinski definition) is 0. The molecule has 0 unspecified atom stereocenters. The molecule has 0 aromatic rings. The Labute approximate surface area is 195 Å². The Kier molecular flexibility index (Phi) is 22.5. The fourth-order valence-electron chi connectivity index (χ4n) is 4.06. The quantitative estimate of drug-likeness (QED) is 0.245. The first-order chi connectivity index (χ1) is 12.3. The van der Waals surface area contributed by atoms with Gasteiger partial charge in [-0.2, -0.15) is 0 Å². The Balaban J connectivity index is -0.000000333. The van der Waals surface area contributed by atoms with E-state index in [4.69, 9.17) is 0 Å². The van der Waals surface area contributed by atoms with Crippen molar-refractivity contribution in [1.29, 1.82) is 0 Å². The summed E-state index contributed by atoms with van der Waals surface area (Å²) in [5, 5.41) is 0. The van der Waals surface area contributed by atoms with Crippen LogP contribution >= 0.6 is 15.8 Å². The summed E-state index contributed by atoms with van der Waals surface area (Å²) in [6.45, 7) is 32.0. The molecule has 168 valence electrons. The van der Waals surface area contributed by atoms with Gasteiger partial charge in [-0.1, -0.05) is 123 Å². The summed E-state index contributed by atoms with van der Waals surface area (Å²) in [6, 6.07) is 0. The van der Waals surface area contributed by atoms with E-state index in [0.717, 1.165) is 39.9 Å². The zero-order valence-electron chi connectivity index (χ0n) is 20.8. The number of rotatable bonds is 6. The van der Waals surface area contributed by atoms with Crippen molar-refractivity contribution in [2.45, 2.75) is 117 Å². The van der Waals surface area contributed by atoms with Crippen LogP contribution in [0.2, 0.25) is 0 Å². The fraction of sp³-hybridized carbons (Fsp3) is 0.720. The van der Waals surface area contributed by atoms with Gasteiger partial charge in [0.2, 0.25) is 0 Å². The van der Waals surface area contributed by atoms with Gasteiger partial charge in [0.1, 0.15) is 0 Å². The number of hydrogen-bond donors (Lipinski definition) is 0. The monoisotopic (exact) mass is 514 g/mol. The van der Waals surface area contributed by atoms with Gasteiger partial charge in [-0.05, 0) is 47.3 Å². The molecule has 3 heteroatoms. The third kappa shape index (κ3) is 16.7. The molecule has 0 fully saturated rings. The van der Waals surface area contributed by atoms with Gasteiger partial charge < -0.3 is 0 Å². The maximum absolute atomic E-state index is 3.72. The van der Waals surface area contributed by atoms with Crippen LogP contribution in [0.1, 0.15) is 83.1 Å². The predicted molar refractivity (Wildman–Crippen MR) is 136 cm³/mol. The van der Waals surface area contributed by atoms with Crippen LogP contribution in [0, 0.1) is 19.3 Å². The second-order valence-electron chi connectivity index (χ2n) is 8.94. The molecule has 1 aliphatic carbocycles. The third-order valence-electron chi connectivity index (χ3n) is 4.42. The second-order valence-corrected chi connectivity index (χ2v) is 16.9. The average molecular weight is 515 g/mol. The van der Waals surface area contributed by atoms with E-state index in [1.165, 1.54) is 0 Å². The molecule has 0 N–H and O–H groups in total. The molecule has 4 radical (unpaired) electrons. The van der Waals surface area contributed by atoms with Crippen LogP contribution in [0.4, 0.5) is 0 Å². The molecule has 0 heterocycles. The van der Waals surface area contributed by atoms with E-state index in [9.17, 15) is 0 Å². The molecule has 0 saturated heterocycles. The van der Waals surface area contributed by atoms with Crippen LogP contribution in [-0.4, -0.2) is 34.0 Å². The molecule has 28 heavy (non-hydrogen) atoms. The van der Waals surface area contributed by atoms with Crippen molar-refractivity contribution in [3.63, 3.8) is 0 Å². The predicted octanol–water partition coefficient (Wildman–Crippen LogP) is 9.11. The summed E-state index contributed by atoms with van der Waals surface area (Å²) in [5.41, 5.74) is 5.39. The van der Waals surface area contributed by atoms with Crippen molar-refractivity contribution in [2.24, 2.45) is 0 Å². The van der Waals surface area contributed by atoms with Crippen molar-refractivity contribution >= 4 is 15.8 Å². The Morgan fingerprint density at radius 2 is 0.821 bits per heavy atom. The minimum Gasteiger partial charge on any atom is -0.0988 e. The third-order valence-corrected chi connectivity index (χ3v) is 11.6. The Hall–Kier alpha value is 0.963. The van der Waals surface area contributed by atoms with Crippen molar-refractivity contribution in [2.75, 3.05) is 0 Å². The molecule has 1 rings (SSSR count). The summed E-state index contributed by atoms with van der Waals surface area (Å²) >= 11 is 0. The summed E-state index contributed by atoms with van der Waals surface area (Å²) in [7, 11) is 0.525. The molecule has 0 atom stereocenters. The Morgan fingerprint density at radius 3 is 0.893 bits per heavy atom. The van der Waals surface area contributed by atoms with E-state index in [1.807, 2.05) is 30.7 Å². The molecule has 1 aliphatic rings. The first-order valence-corrected chi connectivity index (χ1v) is 13.8. The minimum atomic E-state index is 0. The van der Waals surface area contributed by atoms with Gasteiger partial charge in [0.05, 0.1) is 0 Å². The zero-order chi connectivity index (χ0) is 21.7. The van der Waals surface area contributed by atoms with Crippen LogP contribution < -0.4 is 0 Å². The van der Waals surface area contributed by atoms with Gasteiger partial charge in [-0.3, -0.25) is 0 Å². The molecule has 0 amide bonds. The first kappa shape index (κ1) is 33.6. The SMILES string of the molecule is CC(C)P(C(C)C)C(C)C.CC(C)P(C(C)C)C(C)C.[CH2][C]1[CH]C=CC=C1.[Rh]. The van der Waals surface area contributed by atoms with Crippen LogP contribution in [0.25, 0.3) is 0 Å². The maximum atomic E-state index is 3.72.